The van der Waals surface area contributed by atoms with Crippen LogP contribution in [0.15, 0.2) is 40.9 Å². The van der Waals surface area contributed by atoms with E-state index < -0.39 is 4.92 Å². The Bertz CT molecular complexity index is 856. The van der Waals surface area contributed by atoms with Crippen molar-refractivity contribution in [3.8, 4) is 17.6 Å². The third-order valence-corrected chi connectivity index (χ3v) is 3.85. The number of benzene rings is 2. The van der Waals surface area contributed by atoms with E-state index in [-0.39, 0.29) is 17.0 Å². The third-order valence-electron chi connectivity index (χ3n) is 3.17. The number of rotatable bonds is 5. The van der Waals surface area contributed by atoms with Crippen LogP contribution in [0.4, 0.5) is 5.69 Å². The van der Waals surface area contributed by atoms with Crippen LogP contribution < -0.4 is 4.74 Å². The van der Waals surface area contributed by atoms with E-state index in [1.54, 1.807) is 25.1 Å². The minimum atomic E-state index is -0.512. The van der Waals surface area contributed by atoms with Crippen LogP contribution in [0.5, 0.6) is 11.5 Å². The first-order chi connectivity index (χ1) is 11.5. The smallest absolute Gasteiger partial charge is 0.270 e. The highest BCUT2D eigenvalue weighted by atomic mass is 79.9. The molecule has 0 saturated heterocycles. The summed E-state index contributed by atoms with van der Waals surface area (Å²) in [5.41, 5.74) is 1.21. The standard InChI is InChI=1S/C17H13BrN2O4/c1-2-24-17-8-12(15(18)9-16(17)21)6-13(10-19)11-4-3-5-14(7-11)20(22)23/h3-9,21H,2H2,1H3/b13-6-. The Morgan fingerprint density at radius 2 is 2.21 bits per heavy atom. The Hall–Kier alpha value is -2.85. The van der Waals surface area contributed by atoms with Gasteiger partial charge in [0, 0.05) is 16.6 Å². The number of nitriles is 1. The minimum Gasteiger partial charge on any atom is -0.504 e. The van der Waals surface area contributed by atoms with Crippen LogP contribution in [0.1, 0.15) is 18.1 Å². The summed E-state index contributed by atoms with van der Waals surface area (Å²) in [6, 6.07) is 11.0. The molecule has 0 aliphatic heterocycles. The van der Waals surface area contributed by atoms with Gasteiger partial charge in [0.1, 0.15) is 0 Å². The van der Waals surface area contributed by atoms with Gasteiger partial charge in [-0.15, -0.1) is 0 Å². The van der Waals surface area contributed by atoms with Gasteiger partial charge in [-0.2, -0.15) is 5.26 Å². The van der Waals surface area contributed by atoms with Gasteiger partial charge in [0.25, 0.3) is 5.69 Å². The fourth-order valence-corrected chi connectivity index (χ4v) is 2.51. The normalized spacial score (nSPS) is 11.0. The largest absolute Gasteiger partial charge is 0.504 e. The average Bonchev–Trinajstić information content (AvgIpc) is 2.56. The van der Waals surface area contributed by atoms with Gasteiger partial charge >= 0.3 is 0 Å². The lowest BCUT2D eigenvalue weighted by molar-refractivity contribution is -0.384. The molecule has 6 nitrogen and oxygen atoms in total. The maximum absolute atomic E-state index is 10.9. The summed E-state index contributed by atoms with van der Waals surface area (Å²) < 4.78 is 5.90. The molecule has 0 radical (unpaired) electrons. The van der Waals surface area contributed by atoms with Crippen molar-refractivity contribution in [3.05, 3.63) is 62.1 Å². The number of hydrogen-bond donors (Lipinski definition) is 1. The molecular weight excluding hydrogens is 376 g/mol. The van der Waals surface area contributed by atoms with Gasteiger partial charge in [-0.25, -0.2) is 0 Å². The van der Waals surface area contributed by atoms with E-state index in [1.165, 1.54) is 24.3 Å². The Labute approximate surface area is 146 Å². The van der Waals surface area contributed by atoms with Crippen molar-refractivity contribution in [2.45, 2.75) is 6.92 Å². The van der Waals surface area contributed by atoms with Crippen molar-refractivity contribution >= 4 is 33.3 Å². The molecule has 2 aromatic carbocycles. The highest BCUT2D eigenvalue weighted by molar-refractivity contribution is 9.10. The molecule has 0 aliphatic rings. The van der Waals surface area contributed by atoms with Crippen molar-refractivity contribution in [2.24, 2.45) is 0 Å². The molecule has 0 saturated carbocycles. The Balaban J connectivity index is 2.52. The summed E-state index contributed by atoms with van der Waals surface area (Å²) in [6.45, 7) is 2.18. The zero-order valence-corrected chi connectivity index (χ0v) is 14.3. The fourth-order valence-electron chi connectivity index (χ4n) is 2.06. The zero-order chi connectivity index (χ0) is 17.7. The Morgan fingerprint density at radius 1 is 1.46 bits per heavy atom. The van der Waals surface area contributed by atoms with Gasteiger partial charge in [0.2, 0.25) is 0 Å². The van der Waals surface area contributed by atoms with Gasteiger partial charge in [0.15, 0.2) is 11.5 Å². The van der Waals surface area contributed by atoms with Gasteiger partial charge in [-0.3, -0.25) is 10.1 Å². The predicted molar refractivity (Wildman–Crippen MR) is 93.6 cm³/mol. The molecule has 0 atom stereocenters. The van der Waals surface area contributed by atoms with Gasteiger partial charge in [-0.05, 0) is 36.3 Å². The first-order valence-electron chi connectivity index (χ1n) is 6.98. The molecule has 0 unspecified atom stereocenters. The number of hydrogen-bond acceptors (Lipinski definition) is 5. The van der Waals surface area contributed by atoms with Crippen LogP contribution in [0, 0.1) is 21.4 Å². The lowest BCUT2D eigenvalue weighted by atomic mass is 10.0. The fraction of sp³-hybridized carbons (Fsp3) is 0.118. The van der Waals surface area contributed by atoms with Crippen LogP contribution in [-0.4, -0.2) is 16.6 Å². The number of nitrogens with zero attached hydrogens (tertiary/aromatic N) is 2. The molecule has 0 amide bonds. The number of allylic oxidation sites excluding steroid dienone is 1. The lowest BCUT2D eigenvalue weighted by Gasteiger charge is -2.09. The van der Waals surface area contributed by atoms with E-state index in [2.05, 4.69) is 15.9 Å². The van der Waals surface area contributed by atoms with Gasteiger partial charge in [-0.1, -0.05) is 28.1 Å². The molecule has 24 heavy (non-hydrogen) atoms. The number of non-ortho nitro benzene ring substituents is 1. The Morgan fingerprint density at radius 3 is 2.83 bits per heavy atom. The lowest BCUT2D eigenvalue weighted by Crippen LogP contribution is -1.93. The zero-order valence-electron chi connectivity index (χ0n) is 12.7. The highest BCUT2D eigenvalue weighted by Gasteiger charge is 2.11. The number of nitro benzene ring substituents is 1. The number of phenolic OH excluding ortho intramolecular Hbond substituents is 1. The molecule has 2 aromatic rings. The Kier molecular flexibility index (Phi) is 5.55. The first-order valence-corrected chi connectivity index (χ1v) is 7.77. The number of halogens is 1. The number of aromatic hydroxyl groups is 1. The monoisotopic (exact) mass is 388 g/mol. The molecule has 0 aromatic heterocycles. The SMILES string of the molecule is CCOc1cc(/C=C(/C#N)c2cccc([N+](=O)[O-])c2)c(Br)cc1O. The van der Waals surface area contributed by atoms with E-state index in [0.29, 0.717) is 28.0 Å². The molecule has 122 valence electrons. The summed E-state index contributed by atoms with van der Waals surface area (Å²) in [6.07, 6.45) is 1.57. The predicted octanol–water partition coefficient (Wildman–Crippen LogP) is 4.53. The summed E-state index contributed by atoms with van der Waals surface area (Å²) in [5, 5.41) is 30.1. The van der Waals surface area contributed by atoms with E-state index in [9.17, 15) is 20.5 Å². The summed E-state index contributed by atoms with van der Waals surface area (Å²) >= 11 is 3.32. The summed E-state index contributed by atoms with van der Waals surface area (Å²) in [5.74, 6) is 0.276. The van der Waals surface area contributed by atoms with E-state index >= 15 is 0 Å². The maximum atomic E-state index is 10.9. The van der Waals surface area contributed by atoms with Gasteiger partial charge < -0.3 is 9.84 Å². The van der Waals surface area contributed by atoms with Crippen molar-refractivity contribution < 1.29 is 14.8 Å². The molecule has 1 N–H and O–H groups in total. The second-order valence-electron chi connectivity index (χ2n) is 4.75. The minimum absolute atomic E-state index is 0.0188. The van der Waals surface area contributed by atoms with E-state index in [0.717, 1.165) is 0 Å². The summed E-state index contributed by atoms with van der Waals surface area (Å²) in [4.78, 5) is 10.4. The topological polar surface area (TPSA) is 96.4 Å². The van der Waals surface area contributed by atoms with Crippen LogP contribution in [0.2, 0.25) is 0 Å². The number of phenols is 1. The molecule has 2 rings (SSSR count). The van der Waals surface area contributed by atoms with Crippen molar-refractivity contribution in [3.63, 3.8) is 0 Å². The average molecular weight is 389 g/mol. The van der Waals surface area contributed by atoms with Crippen molar-refractivity contribution in [1.82, 2.24) is 0 Å². The number of nitro groups is 1. The van der Waals surface area contributed by atoms with Crippen LogP contribution >= 0.6 is 15.9 Å². The third kappa shape index (κ3) is 3.91. The maximum Gasteiger partial charge on any atom is 0.270 e. The molecule has 0 fully saturated rings. The summed E-state index contributed by atoms with van der Waals surface area (Å²) in [7, 11) is 0. The molecule has 0 heterocycles. The molecule has 7 heteroatoms. The quantitative estimate of drug-likeness (QED) is 0.351. The molecule has 0 aliphatic carbocycles. The van der Waals surface area contributed by atoms with E-state index in [1.807, 2.05) is 6.07 Å². The first kappa shape index (κ1) is 17.5. The molecule has 0 spiro atoms. The van der Waals surface area contributed by atoms with Crippen LogP contribution in [0.25, 0.3) is 11.6 Å². The number of ether oxygens (including phenoxy) is 1. The van der Waals surface area contributed by atoms with Crippen molar-refractivity contribution in [1.29, 1.82) is 5.26 Å². The molecule has 0 bridgehead atoms. The second-order valence-corrected chi connectivity index (χ2v) is 5.61. The highest BCUT2D eigenvalue weighted by Crippen LogP contribution is 2.34. The van der Waals surface area contributed by atoms with E-state index in [4.69, 9.17) is 4.74 Å². The van der Waals surface area contributed by atoms with Gasteiger partial charge in [0.05, 0.1) is 23.2 Å². The van der Waals surface area contributed by atoms with Crippen molar-refractivity contribution in [2.75, 3.05) is 6.61 Å². The second kappa shape index (κ2) is 7.62. The van der Waals surface area contributed by atoms with Crippen LogP contribution in [-0.2, 0) is 0 Å². The molecular formula is C17H13BrN2O4. The van der Waals surface area contributed by atoms with Crippen LogP contribution in [0.3, 0.4) is 0 Å².